The molecule has 2 rings (SSSR count). The molecule has 1 amide bonds. The van der Waals surface area contributed by atoms with Crippen molar-refractivity contribution in [2.45, 2.75) is 32.5 Å². The van der Waals surface area contributed by atoms with Crippen molar-refractivity contribution in [3.63, 3.8) is 0 Å². The second-order valence-corrected chi connectivity index (χ2v) is 5.93. The van der Waals surface area contributed by atoms with Gasteiger partial charge in [0.05, 0.1) is 6.42 Å². The van der Waals surface area contributed by atoms with Gasteiger partial charge in [-0.2, -0.15) is 13.2 Å². The van der Waals surface area contributed by atoms with Crippen LogP contribution in [0.1, 0.15) is 20.3 Å². The maximum Gasteiger partial charge on any atom is 0.390 e. The zero-order valence-corrected chi connectivity index (χ0v) is 14.8. The third-order valence-corrected chi connectivity index (χ3v) is 3.98. The minimum absolute atomic E-state index is 0.204. The fraction of sp³-hybridized carbons (Fsp3) is 0.350. The lowest BCUT2D eigenvalue weighted by molar-refractivity contribution is -0.148. The van der Waals surface area contributed by atoms with Gasteiger partial charge in [-0.3, -0.25) is 4.79 Å². The maximum absolute atomic E-state index is 12.4. The standard InChI is InChI=1S/C20H22F3NO2/c1-3-24(14-13-20(21,22)23)19(25)15(2)26-18-11-9-17(10-12-18)16-7-5-4-6-8-16/h4-12,15H,3,13-14H2,1-2H3. The van der Waals surface area contributed by atoms with Crippen LogP contribution in [-0.2, 0) is 4.79 Å². The minimum Gasteiger partial charge on any atom is -0.481 e. The zero-order valence-electron chi connectivity index (χ0n) is 14.8. The van der Waals surface area contributed by atoms with Gasteiger partial charge in [0.1, 0.15) is 5.75 Å². The van der Waals surface area contributed by atoms with Gasteiger partial charge >= 0.3 is 6.18 Å². The molecule has 0 aliphatic carbocycles. The van der Waals surface area contributed by atoms with E-state index in [1.165, 1.54) is 0 Å². The Morgan fingerprint density at radius 3 is 2.15 bits per heavy atom. The van der Waals surface area contributed by atoms with Crippen LogP contribution in [0.3, 0.4) is 0 Å². The molecule has 0 heterocycles. The Bertz CT molecular complexity index is 699. The van der Waals surface area contributed by atoms with Gasteiger partial charge in [0.15, 0.2) is 6.10 Å². The first-order valence-corrected chi connectivity index (χ1v) is 8.48. The van der Waals surface area contributed by atoms with Crippen molar-refractivity contribution in [1.82, 2.24) is 4.90 Å². The van der Waals surface area contributed by atoms with Gasteiger partial charge in [0.25, 0.3) is 5.91 Å². The van der Waals surface area contributed by atoms with Crippen LogP contribution in [0.4, 0.5) is 13.2 Å². The summed E-state index contributed by atoms with van der Waals surface area (Å²) in [6.45, 7) is 3.04. The van der Waals surface area contributed by atoms with Crippen molar-refractivity contribution in [1.29, 1.82) is 0 Å². The molecule has 0 aliphatic rings. The lowest BCUT2D eigenvalue weighted by Crippen LogP contribution is -2.41. The first-order valence-electron chi connectivity index (χ1n) is 8.48. The highest BCUT2D eigenvalue weighted by molar-refractivity contribution is 5.81. The van der Waals surface area contributed by atoms with Crippen LogP contribution in [0.15, 0.2) is 54.6 Å². The number of benzene rings is 2. The predicted molar refractivity (Wildman–Crippen MR) is 94.9 cm³/mol. The van der Waals surface area contributed by atoms with Crippen molar-refractivity contribution in [3.05, 3.63) is 54.6 Å². The fourth-order valence-corrected chi connectivity index (χ4v) is 2.55. The van der Waals surface area contributed by atoms with E-state index in [9.17, 15) is 18.0 Å². The molecule has 0 N–H and O–H groups in total. The molecule has 2 aromatic carbocycles. The van der Waals surface area contributed by atoms with Gasteiger partial charge < -0.3 is 9.64 Å². The van der Waals surface area contributed by atoms with E-state index in [1.807, 2.05) is 42.5 Å². The second-order valence-electron chi connectivity index (χ2n) is 5.93. The molecule has 3 nitrogen and oxygen atoms in total. The molecule has 0 fully saturated rings. The van der Waals surface area contributed by atoms with E-state index in [-0.39, 0.29) is 13.1 Å². The Morgan fingerprint density at radius 1 is 1.04 bits per heavy atom. The SMILES string of the molecule is CCN(CCC(F)(F)F)C(=O)C(C)Oc1ccc(-c2ccccc2)cc1. The highest BCUT2D eigenvalue weighted by Crippen LogP contribution is 2.23. The average molecular weight is 365 g/mol. The molecule has 140 valence electrons. The van der Waals surface area contributed by atoms with Gasteiger partial charge in [-0.25, -0.2) is 0 Å². The Hall–Kier alpha value is -2.50. The van der Waals surface area contributed by atoms with E-state index in [0.29, 0.717) is 5.75 Å². The van der Waals surface area contributed by atoms with Gasteiger partial charge in [-0.1, -0.05) is 42.5 Å². The summed E-state index contributed by atoms with van der Waals surface area (Å²) in [5.41, 5.74) is 2.07. The van der Waals surface area contributed by atoms with Crippen molar-refractivity contribution in [3.8, 4) is 16.9 Å². The summed E-state index contributed by atoms with van der Waals surface area (Å²) >= 11 is 0. The number of carbonyl (C=O) groups is 1. The van der Waals surface area contributed by atoms with E-state index in [1.54, 1.807) is 26.0 Å². The molecule has 0 saturated heterocycles. The van der Waals surface area contributed by atoms with Crippen LogP contribution >= 0.6 is 0 Å². The summed E-state index contributed by atoms with van der Waals surface area (Å²) in [6, 6.07) is 17.1. The maximum atomic E-state index is 12.4. The number of amides is 1. The minimum atomic E-state index is -4.29. The van der Waals surface area contributed by atoms with Crippen LogP contribution in [0, 0.1) is 0 Å². The first-order chi connectivity index (χ1) is 12.3. The van der Waals surface area contributed by atoms with Crippen molar-refractivity contribution in [2.24, 2.45) is 0 Å². The zero-order chi connectivity index (χ0) is 19.2. The van der Waals surface area contributed by atoms with Crippen molar-refractivity contribution < 1.29 is 22.7 Å². The second kappa shape index (κ2) is 8.74. The van der Waals surface area contributed by atoms with E-state index in [4.69, 9.17) is 4.74 Å². The van der Waals surface area contributed by atoms with Crippen LogP contribution in [0.5, 0.6) is 5.75 Å². The monoisotopic (exact) mass is 365 g/mol. The fourth-order valence-electron chi connectivity index (χ4n) is 2.55. The van der Waals surface area contributed by atoms with E-state index < -0.39 is 24.6 Å². The third kappa shape index (κ3) is 5.79. The van der Waals surface area contributed by atoms with Crippen molar-refractivity contribution >= 4 is 5.91 Å². The van der Waals surface area contributed by atoms with E-state index in [2.05, 4.69) is 0 Å². The average Bonchev–Trinajstić information content (AvgIpc) is 2.62. The Labute approximate surface area is 151 Å². The number of nitrogens with zero attached hydrogens (tertiary/aromatic N) is 1. The van der Waals surface area contributed by atoms with Gasteiger partial charge in [-0.15, -0.1) is 0 Å². The number of hydrogen-bond donors (Lipinski definition) is 0. The molecule has 0 bridgehead atoms. The summed E-state index contributed by atoms with van der Waals surface area (Å²) in [7, 11) is 0. The Morgan fingerprint density at radius 2 is 1.62 bits per heavy atom. The summed E-state index contributed by atoms with van der Waals surface area (Å²) in [5.74, 6) is 0.0429. The topological polar surface area (TPSA) is 29.5 Å². The van der Waals surface area contributed by atoms with Gasteiger partial charge in [0, 0.05) is 13.1 Å². The van der Waals surface area contributed by atoms with Crippen LogP contribution in [0.25, 0.3) is 11.1 Å². The molecule has 2 aromatic rings. The summed E-state index contributed by atoms with van der Waals surface area (Å²) in [4.78, 5) is 13.5. The number of halogens is 3. The lowest BCUT2D eigenvalue weighted by Gasteiger charge is -2.25. The molecular weight excluding hydrogens is 343 g/mol. The highest BCUT2D eigenvalue weighted by Gasteiger charge is 2.30. The number of likely N-dealkylation sites (N-methyl/N-ethyl adjacent to an activating group) is 1. The number of carbonyl (C=O) groups excluding carboxylic acids is 1. The summed E-state index contributed by atoms with van der Waals surface area (Å²) in [5, 5.41) is 0. The molecule has 0 spiro atoms. The quantitative estimate of drug-likeness (QED) is 0.697. The van der Waals surface area contributed by atoms with Crippen LogP contribution in [-0.4, -0.2) is 36.2 Å². The van der Waals surface area contributed by atoms with E-state index >= 15 is 0 Å². The molecule has 0 saturated carbocycles. The van der Waals surface area contributed by atoms with Gasteiger partial charge in [-0.05, 0) is 37.1 Å². The Balaban J connectivity index is 1.97. The normalized spacial score (nSPS) is 12.5. The number of ether oxygens (including phenoxy) is 1. The molecule has 26 heavy (non-hydrogen) atoms. The smallest absolute Gasteiger partial charge is 0.390 e. The summed E-state index contributed by atoms with van der Waals surface area (Å²) < 4.78 is 42.7. The molecule has 6 heteroatoms. The van der Waals surface area contributed by atoms with E-state index in [0.717, 1.165) is 16.0 Å². The molecule has 0 aromatic heterocycles. The number of hydrogen-bond acceptors (Lipinski definition) is 2. The molecular formula is C20H22F3NO2. The molecule has 0 radical (unpaired) electrons. The van der Waals surface area contributed by atoms with Crippen LogP contribution < -0.4 is 4.74 Å². The largest absolute Gasteiger partial charge is 0.481 e. The highest BCUT2D eigenvalue weighted by atomic mass is 19.4. The van der Waals surface area contributed by atoms with Gasteiger partial charge in [0.2, 0.25) is 0 Å². The number of rotatable bonds is 7. The Kier molecular flexibility index (Phi) is 6.66. The lowest BCUT2D eigenvalue weighted by atomic mass is 10.1. The molecule has 1 unspecified atom stereocenters. The van der Waals surface area contributed by atoms with Crippen molar-refractivity contribution in [2.75, 3.05) is 13.1 Å². The molecule has 1 atom stereocenters. The summed E-state index contributed by atoms with van der Waals surface area (Å²) in [6.07, 6.45) is -6.17. The predicted octanol–water partition coefficient (Wildman–Crippen LogP) is 4.92. The van der Waals surface area contributed by atoms with Crippen LogP contribution in [0.2, 0.25) is 0 Å². The molecule has 0 aliphatic heterocycles. The first kappa shape index (κ1) is 19.8. The number of alkyl halides is 3. The third-order valence-electron chi connectivity index (χ3n) is 3.98.